The molecule has 0 spiro atoms. The molecule has 0 saturated heterocycles. The van der Waals surface area contributed by atoms with Gasteiger partial charge in [-0.3, -0.25) is 11.3 Å². The molecule has 2 atom stereocenters. The Kier molecular flexibility index (Phi) is 4.24. The van der Waals surface area contributed by atoms with E-state index in [9.17, 15) is 8.78 Å². The Balaban J connectivity index is 1.83. The summed E-state index contributed by atoms with van der Waals surface area (Å²) in [4.78, 5) is 1.26. The van der Waals surface area contributed by atoms with Crippen molar-refractivity contribution in [1.82, 2.24) is 5.43 Å². The fraction of sp³-hybridized carbons (Fsp3) is 0.250. The first-order valence-electron chi connectivity index (χ1n) is 6.80. The molecule has 0 aliphatic carbocycles. The molecule has 110 valence electrons. The van der Waals surface area contributed by atoms with Crippen molar-refractivity contribution in [2.24, 2.45) is 5.84 Å². The quantitative estimate of drug-likeness (QED) is 0.673. The molecule has 0 bridgehead atoms. The van der Waals surface area contributed by atoms with Crippen LogP contribution in [-0.2, 0) is 6.42 Å². The second-order valence-corrected chi connectivity index (χ2v) is 6.27. The van der Waals surface area contributed by atoms with E-state index in [1.54, 1.807) is 11.8 Å². The average Bonchev–Trinajstić information content (AvgIpc) is 2.87. The maximum absolute atomic E-state index is 13.3. The molecule has 1 aliphatic heterocycles. The molecule has 5 heteroatoms. The van der Waals surface area contributed by atoms with Crippen LogP contribution in [0.4, 0.5) is 8.78 Å². The van der Waals surface area contributed by atoms with Crippen molar-refractivity contribution in [3.05, 3.63) is 65.2 Å². The lowest BCUT2D eigenvalue weighted by atomic mass is 9.89. The molecule has 2 unspecified atom stereocenters. The summed E-state index contributed by atoms with van der Waals surface area (Å²) in [5.41, 5.74) is 4.68. The van der Waals surface area contributed by atoms with Gasteiger partial charge in [-0.05, 0) is 35.7 Å². The van der Waals surface area contributed by atoms with Crippen molar-refractivity contribution in [2.45, 2.75) is 23.3 Å². The number of hydrazine groups is 1. The van der Waals surface area contributed by atoms with Crippen LogP contribution in [0.3, 0.4) is 0 Å². The first kappa shape index (κ1) is 14.5. The number of nitrogens with one attached hydrogen (secondary N) is 1. The third kappa shape index (κ3) is 3.10. The number of rotatable bonds is 4. The number of benzene rings is 2. The summed E-state index contributed by atoms with van der Waals surface area (Å²) >= 11 is 1.79. The summed E-state index contributed by atoms with van der Waals surface area (Å²) < 4.78 is 26.6. The highest BCUT2D eigenvalue weighted by Gasteiger charge is 2.29. The molecule has 21 heavy (non-hydrogen) atoms. The van der Waals surface area contributed by atoms with E-state index >= 15 is 0 Å². The molecule has 0 fully saturated rings. The van der Waals surface area contributed by atoms with Gasteiger partial charge in [0.1, 0.15) is 11.6 Å². The van der Waals surface area contributed by atoms with Crippen molar-refractivity contribution in [3.8, 4) is 0 Å². The van der Waals surface area contributed by atoms with Crippen LogP contribution in [0.2, 0.25) is 0 Å². The minimum atomic E-state index is -0.554. The molecular formula is C16H16F2N2S. The van der Waals surface area contributed by atoms with Crippen LogP contribution in [0.1, 0.15) is 17.0 Å². The number of thioether (sulfide) groups is 1. The Bertz CT molecular complexity index is 628. The normalized spacial score (nSPS) is 18.5. The van der Waals surface area contributed by atoms with Crippen LogP contribution in [0.15, 0.2) is 47.4 Å². The summed E-state index contributed by atoms with van der Waals surface area (Å²) in [5, 5.41) is 0. The highest BCUT2D eigenvalue weighted by molar-refractivity contribution is 7.99. The number of nitrogens with two attached hydrogens (primary N) is 1. The van der Waals surface area contributed by atoms with Gasteiger partial charge in [-0.15, -0.1) is 11.8 Å². The molecule has 3 N–H and O–H groups in total. The fourth-order valence-corrected chi connectivity index (χ4v) is 4.15. The topological polar surface area (TPSA) is 38.0 Å². The maximum atomic E-state index is 13.3. The van der Waals surface area contributed by atoms with Gasteiger partial charge in [0.25, 0.3) is 0 Å². The predicted octanol–water partition coefficient (Wildman–Crippen LogP) is 3.23. The highest BCUT2D eigenvalue weighted by atomic mass is 32.2. The highest BCUT2D eigenvalue weighted by Crippen LogP contribution is 2.41. The molecule has 0 amide bonds. The third-order valence-corrected chi connectivity index (χ3v) is 5.02. The zero-order valence-electron chi connectivity index (χ0n) is 11.4. The minimum absolute atomic E-state index is 0.0534. The van der Waals surface area contributed by atoms with Crippen LogP contribution < -0.4 is 11.3 Å². The van der Waals surface area contributed by atoms with Crippen LogP contribution in [0, 0.1) is 11.6 Å². The first-order chi connectivity index (χ1) is 10.2. The Hall–Kier alpha value is -1.43. The Labute approximate surface area is 126 Å². The average molecular weight is 306 g/mol. The number of hydrogen-bond acceptors (Lipinski definition) is 3. The maximum Gasteiger partial charge on any atom is 0.126 e. The van der Waals surface area contributed by atoms with Gasteiger partial charge in [0.15, 0.2) is 0 Å². The number of halogens is 2. The molecule has 2 aromatic carbocycles. The van der Waals surface area contributed by atoms with E-state index < -0.39 is 11.6 Å². The third-order valence-electron chi connectivity index (χ3n) is 3.81. The van der Waals surface area contributed by atoms with E-state index in [0.29, 0.717) is 12.0 Å². The monoisotopic (exact) mass is 306 g/mol. The van der Waals surface area contributed by atoms with Crippen LogP contribution in [-0.4, -0.2) is 11.8 Å². The summed E-state index contributed by atoms with van der Waals surface area (Å²) in [5.74, 6) is 5.74. The zero-order chi connectivity index (χ0) is 14.8. The van der Waals surface area contributed by atoms with Crippen LogP contribution in [0.5, 0.6) is 0 Å². The lowest BCUT2D eigenvalue weighted by Crippen LogP contribution is -2.41. The zero-order valence-corrected chi connectivity index (χ0v) is 12.2. The lowest BCUT2D eigenvalue weighted by molar-refractivity contribution is 0.460. The summed E-state index contributed by atoms with van der Waals surface area (Å²) in [6.07, 6.45) is 0.491. The van der Waals surface area contributed by atoms with E-state index in [2.05, 4.69) is 17.6 Å². The van der Waals surface area contributed by atoms with Gasteiger partial charge in [-0.1, -0.05) is 18.2 Å². The SMILES string of the molecule is NNC(Cc1cc(F)cc(F)c1)C1CSc2ccccc21. The minimum Gasteiger partial charge on any atom is -0.271 e. The molecule has 1 heterocycles. The predicted molar refractivity (Wildman–Crippen MR) is 81.1 cm³/mol. The number of fused-ring (bicyclic) bond motifs is 1. The molecule has 2 aromatic rings. The van der Waals surface area contributed by atoms with Gasteiger partial charge >= 0.3 is 0 Å². The van der Waals surface area contributed by atoms with Gasteiger partial charge in [0, 0.05) is 28.7 Å². The van der Waals surface area contributed by atoms with Gasteiger partial charge in [-0.2, -0.15) is 0 Å². The van der Waals surface area contributed by atoms with Crippen molar-refractivity contribution in [1.29, 1.82) is 0 Å². The molecule has 1 aliphatic rings. The fourth-order valence-electron chi connectivity index (χ4n) is 2.82. The molecule has 0 aromatic heterocycles. The van der Waals surface area contributed by atoms with Crippen molar-refractivity contribution < 1.29 is 8.78 Å². The molecule has 0 saturated carbocycles. The Morgan fingerprint density at radius 3 is 2.62 bits per heavy atom. The molecule has 2 nitrogen and oxygen atoms in total. The largest absolute Gasteiger partial charge is 0.271 e. The standard InChI is InChI=1S/C16H16F2N2S/c17-11-5-10(6-12(18)8-11)7-15(20-19)14-9-21-16-4-2-1-3-13(14)16/h1-6,8,14-15,20H,7,9,19H2. The van der Waals surface area contributed by atoms with E-state index in [1.165, 1.54) is 22.6 Å². The number of hydrogen-bond donors (Lipinski definition) is 2. The van der Waals surface area contributed by atoms with Crippen LogP contribution in [0.25, 0.3) is 0 Å². The summed E-state index contributed by atoms with van der Waals surface area (Å²) in [6.45, 7) is 0. The second-order valence-electron chi connectivity index (χ2n) is 5.21. The lowest BCUT2D eigenvalue weighted by Gasteiger charge is -2.23. The Morgan fingerprint density at radius 1 is 1.19 bits per heavy atom. The van der Waals surface area contributed by atoms with Gasteiger partial charge in [-0.25, -0.2) is 8.78 Å². The van der Waals surface area contributed by atoms with E-state index in [4.69, 9.17) is 5.84 Å². The first-order valence-corrected chi connectivity index (χ1v) is 7.79. The van der Waals surface area contributed by atoms with E-state index in [-0.39, 0.29) is 12.0 Å². The van der Waals surface area contributed by atoms with Crippen molar-refractivity contribution in [3.63, 3.8) is 0 Å². The molecule has 3 rings (SSSR count). The van der Waals surface area contributed by atoms with Gasteiger partial charge in [0.05, 0.1) is 0 Å². The van der Waals surface area contributed by atoms with Crippen LogP contribution >= 0.6 is 11.8 Å². The van der Waals surface area contributed by atoms with E-state index in [1.807, 2.05) is 12.1 Å². The molecular weight excluding hydrogens is 290 g/mol. The second kappa shape index (κ2) is 6.13. The van der Waals surface area contributed by atoms with Gasteiger partial charge in [0.2, 0.25) is 0 Å². The molecule has 0 radical (unpaired) electrons. The van der Waals surface area contributed by atoms with Gasteiger partial charge < -0.3 is 0 Å². The van der Waals surface area contributed by atoms with Crippen molar-refractivity contribution in [2.75, 3.05) is 5.75 Å². The smallest absolute Gasteiger partial charge is 0.126 e. The Morgan fingerprint density at radius 2 is 1.90 bits per heavy atom. The summed E-state index contributed by atoms with van der Waals surface area (Å²) in [6, 6.07) is 11.8. The van der Waals surface area contributed by atoms with Crippen molar-refractivity contribution >= 4 is 11.8 Å². The van der Waals surface area contributed by atoms with E-state index in [0.717, 1.165) is 11.8 Å². The summed E-state index contributed by atoms with van der Waals surface area (Å²) in [7, 11) is 0.